The van der Waals surface area contributed by atoms with Gasteiger partial charge in [0.1, 0.15) is 11.6 Å². The van der Waals surface area contributed by atoms with Gasteiger partial charge in [-0.15, -0.1) is 0 Å². The first-order valence-corrected chi connectivity index (χ1v) is 8.49. The van der Waals surface area contributed by atoms with Crippen LogP contribution in [0.25, 0.3) is 16.9 Å². The molecule has 136 valence electrons. The predicted octanol–water partition coefficient (Wildman–Crippen LogP) is 1.71. The number of fused-ring (bicyclic) bond motifs is 1. The zero-order valence-corrected chi connectivity index (χ0v) is 14.2. The molecule has 2 atom stereocenters. The number of carbonyl (C=O) groups is 1. The van der Waals surface area contributed by atoms with Crippen LogP contribution in [0.4, 0.5) is 5.69 Å². The summed E-state index contributed by atoms with van der Waals surface area (Å²) in [4.78, 5) is 20.0. The lowest BCUT2D eigenvalue weighted by Crippen LogP contribution is -2.29. The molecule has 0 aromatic carbocycles. The number of carboxylic acids is 1. The maximum Gasteiger partial charge on any atom is 0.339 e. The molecule has 1 saturated carbocycles. The number of aliphatic hydroxyl groups is 1. The summed E-state index contributed by atoms with van der Waals surface area (Å²) in [6.45, 7) is 0. The van der Waals surface area contributed by atoms with Gasteiger partial charge in [0.25, 0.3) is 0 Å². The number of nitriles is 1. The van der Waals surface area contributed by atoms with Gasteiger partial charge in [0.2, 0.25) is 0 Å². The molecule has 3 aromatic heterocycles. The summed E-state index contributed by atoms with van der Waals surface area (Å²) >= 11 is 0. The van der Waals surface area contributed by atoms with Crippen LogP contribution >= 0.6 is 0 Å². The molecule has 0 spiro atoms. The van der Waals surface area contributed by atoms with Gasteiger partial charge in [-0.05, 0) is 25.3 Å². The number of aromatic carboxylic acids is 1. The molecule has 1 aliphatic carbocycles. The summed E-state index contributed by atoms with van der Waals surface area (Å²) in [7, 11) is 0. The van der Waals surface area contributed by atoms with Gasteiger partial charge < -0.3 is 15.5 Å². The average Bonchev–Trinajstić information content (AvgIpc) is 3.27. The number of aliphatic hydroxyl groups excluding tert-OH is 1. The van der Waals surface area contributed by atoms with Gasteiger partial charge in [-0.25, -0.2) is 14.8 Å². The van der Waals surface area contributed by atoms with Gasteiger partial charge in [0, 0.05) is 23.8 Å². The standard InChI is InChI=1S/C18H16N6O3/c19-6-10-4-11-8-22-24(17(11)21-7-10)16-5-14(12(9-20-16)18(26)27)23-13-2-1-3-15(13)25/h4-5,7-9,13,15,25H,1-3H2,(H,20,23)(H,26,27)/t13-,15+/m0/s1. The van der Waals surface area contributed by atoms with Gasteiger partial charge in [-0.1, -0.05) is 0 Å². The Bertz CT molecular complexity index is 1070. The van der Waals surface area contributed by atoms with Crippen LogP contribution < -0.4 is 5.32 Å². The molecular formula is C18H16N6O3. The molecule has 0 bridgehead atoms. The Labute approximate surface area is 153 Å². The Morgan fingerprint density at radius 3 is 2.81 bits per heavy atom. The van der Waals surface area contributed by atoms with E-state index in [1.807, 2.05) is 6.07 Å². The van der Waals surface area contributed by atoms with Gasteiger partial charge >= 0.3 is 5.97 Å². The second-order valence-corrected chi connectivity index (χ2v) is 6.45. The van der Waals surface area contributed by atoms with E-state index in [4.69, 9.17) is 5.26 Å². The molecule has 4 rings (SSSR count). The molecular weight excluding hydrogens is 348 g/mol. The highest BCUT2D eigenvalue weighted by molar-refractivity contribution is 5.94. The molecule has 0 amide bonds. The molecule has 3 aromatic rings. The van der Waals surface area contributed by atoms with Gasteiger partial charge in [-0.2, -0.15) is 15.0 Å². The summed E-state index contributed by atoms with van der Waals surface area (Å²) < 4.78 is 1.48. The molecule has 0 unspecified atom stereocenters. The van der Waals surface area contributed by atoms with Crippen molar-refractivity contribution in [2.45, 2.75) is 31.4 Å². The first-order valence-electron chi connectivity index (χ1n) is 8.49. The van der Waals surface area contributed by atoms with Crippen molar-refractivity contribution in [1.29, 1.82) is 5.26 Å². The predicted molar refractivity (Wildman–Crippen MR) is 95.6 cm³/mol. The van der Waals surface area contributed by atoms with Crippen molar-refractivity contribution in [3.05, 3.63) is 41.9 Å². The van der Waals surface area contributed by atoms with Crippen molar-refractivity contribution in [3.8, 4) is 11.9 Å². The number of pyridine rings is 2. The SMILES string of the molecule is N#Cc1cnc2c(cnn2-c2cc(N[C@H]3CCC[C@H]3O)c(C(=O)O)cn2)c1. The van der Waals surface area contributed by atoms with E-state index in [-0.39, 0.29) is 11.6 Å². The van der Waals surface area contributed by atoms with Crippen LogP contribution in [0.15, 0.2) is 30.7 Å². The third-order valence-corrected chi connectivity index (χ3v) is 4.69. The lowest BCUT2D eigenvalue weighted by Gasteiger charge is -2.19. The minimum absolute atomic E-state index is 0.0223. The Hall–Kier alpha value is -3.51. The van der Waals surface area contributed by atoms with Crippen molar-refractivity contribution < 1.29 is 15.0 Å². The molecule has 3 heterocycles. The van der Waals surface area contributed by atoms with E-state index in [1.165, 1.54) is 17.1 Å². The third-order valence-electron chi connectivity index (χ3n) is 4.69. The highest BCUT2D eigenvalue weighted by Gasteiger charge is 2.26. The van der Waals surface area contributed by atoms with Crippen LogP contribution in [-0.2, 0) is 0 Å². The minimum atomic E-state index is -1.11. The molecule has 0 radical (unpaired) electrons. The molecule has 1 aliphatic rings. The van der Waals surface area contributed by atoms with Crippen molar-refractivity contribution in [2.24, 2.45) is 0 Å². The van der Waals surface area contributed by atoms with E-state index >= 15 is 0 Å². The molecule has 9 nitrogen and oxygen atoms in total. The molecule has 27 heavy (non-hydrogen) atoms. The van der Waals surface area contributed by atoms with Crippen LogP contribution in [0.2, 0.25) is 0 Å². The van der Waals surface area contributed by atoms with Crippen LogP contribution in [0.1, 0.15) is 35.2 Å². The van der Waals surface area contributed by atoms with Crippen LogP contribution in [0.5, 0.6) is 0 Å². The number of nitrogens with zero attached hydrogens (tertiary/aromatic N) is 5. The summed E-state index contributed by atoms with van der Waals surface area (Å²) in [5, 5.41) is 36.6. The van der Waals surface area contributed by atoms with E-state index in [0.29, 0.717) is 34.5 Å². The number of hydrogen-bond donors (Lipinski definition) is 3. The smallest absolute Gasteiger partial charge is 0.339 e. The number of nitrogens with one attached hydrogen (secondary N) is 1. The number of aromatic nitrogens is 4. The van der Waals surface area contributed by atoms with Crippen molar-refractivity contribution in [2.75, 3.05) is 5.32 Å². The van der Waals surface area contributed by atoms with E-state index in [2.05, 4.69) is 20.4 Å². The molecule has 1 fully saturated rings. The van der Waals surface area contributed by atoms with E-state index in [9.17, 15) is 15.0 Å². The Morgan fingerprint density at radius 1 is 1.26 bits per heavy atom. The second kappa shape index (κ2) is 6.66. The Balaban J connectivity index is 1.76. The molecule has 3 N–H and O–H groups in total. The topological polar surface area (TPSA) is 137 Å². The van der Waals surface area contributed by atoms with Crippen LogP contribution in [0.3, 0.4) is 0 Å². The lowest BCUT2D eigenvalue weighted by molar-refractivity contribution is 0.0697. The number of anilines is 1. The summed E-state index contributed by atoms with van der Waals surface area (Å²) in [6.07, 6.45) is 6.10. The molecule has 9 heteroatoms. The summed E-state index contributed by atoms with van der Waals surface area (Å²) in [5.74, 6) is -0.714. The normalized spacial score (nSPS) is 19.1. The maximum atomic E-state index is 11.5. The van der Waals surface area contributed by atoms with E-state index in [0.717, 1.165) is 12.8 Å². The van der Waals surface area contributed by atoms with Crippen LogP contribution in [0, 0.1) is 11.3 Å². The quantitative estimate of drug-likeness (QED) is 0.636. The molecule has 0 aliphatic heterocycles. The van der Waals surface area contributed by atoms with Crippen LogP contribution in [-0.4, -0.2) is 48.1 Å². The second-order valence-electron chi connectivity index (χ2n) is 6.45. The number of hydrogen-bond acceptors (Lipinski definition) is 7. The summed E-state index contributed by atoms with van der Waals surface area (Å²) in [6, 6.07) is 5.08. The highest BCUT2D eigenvalue weighted by atomic mass is 16.4. The van der Waals surface area contributed by atoms with E-state index in [1.54, 1.807) is 18.3 Å². The first-order chi connectivity index (χ1) is 13.1. The average molecular weight is 364 g/mol. The Kier molecular flexibility index (Phi) is 4.18. The maximum absolute atomic E-state index is 11.5. The van der Waals surface area contributed by atoms with Crippen molar-refractivity contribution in [3.63, 3.8) is 0 Å². The third kappa shape index (κ3) is 3.07. The summed E-state index contributed by atoms with van der Waals surface area (Å²) in [5.41, 5.74) is 1.33. The zero-order valence-electron chi connectivity index (χ0n) is 14.2. The fraction of sp³-hybridized carbons (Fsp3) is 0.278. The van der Waals surface area contributed by atoms with Crippen molar-refractivity contribution >= 4 is 22.7 Å². The zero-order chi connectivity index (χ0) is 19.0. The monoisotopic (exact) mass is 364 g/mol. The highest BCUT2D eigenvalue weighted by Crippen LogP contribution is 2.27. The number of carboxylic acid groups (broad SMARTS) is 1. The Morgan fingerprint density at radius 2 is 2.11 bits per heavy atom. The van der Waals surface area contributed by atoms with Gasteiger partial charge in [-0.3, -0.25) is 0 Å². The fourth-order valence-electron chi connectivity index (χ4n) is 3.31. The molecule has 0 saturated heterocycles. The van der Waals surface area contributed by atoms with Gasteiger partial charge in [0.15, 0.2) is 11.5 Å². The largest absolute Gasteiger partial charge is 0.478 e. The fourth-order valence-corrected chi connectivity index (χ4v) is 3.31. The number of rotatable bonds is 4. The van der Waals surface area contributed by atoms with Gasteiger partial charge in [0.05, 0.1) is 29.6 Å². The first kappa shape index (κ1) is 16.9. The minimum Gasteiger partial charge on any atom is -0.478 e. The lowest BCUT2D eigenvalue weighted by atomic mass is 10.1. The van der Waals surface area contributed by atoms with Crippen molar-refractivity contribution in [1.82, 2.24) is 19.7 Å². The van der Waals surface area contributed by atoms with E-state index < -0.39 is 12.1 Å².